The molecule has 6 nitrogen and oxygen atoms in total. The lowest BCUT2D eigenvalue weighted by molar-refractivity contribution is 0.0371. The van der Waals surface area contributed by atoms with Gasteiger partial charge in [0, 0.05) is 57.7 Å². The van der Waals surface area contributed by atoms with Gasteiger partial charge < -0.3 is 14.6 Å². The molecule has 2 aliphatic heterocycles. The number of nitrogens with zero attached hydrogens (tertiary/aromatic N) is 3. The van der Waals surface area contributed by atoms with E-state index in [1.165, 1.54) is 5.56 Å². The van der Waals surface area contributed by atoms with Crippen LogP contribution in [0.3, 0.4) is 0 Å². The van der Waals surface area contributed by atoms with Crippen molar-refractivity contribution in [1.82, 2.24) is 19.8 Å². The molecule has 4 heterocycles. The number of ether oxygens (including phenoxy) is 1. The maximum absolute atomic E-state index is 12.2. The van der Waals surface area contributed by atoms with Crippen LogP contribution in [0.1, 0.15) is 22.5 Å². The minimum absolute atomic E-state index is 0.0358. The first-order chi connectivity index (χ1) is 12.2. The summed E-state index contributed by atoms with van der Waals surface area (Å²) in [5.74, 6) is 0.528. The largest absolute Gasteiger partial charge is 0.371 e. The van der Waals surface area contributed by atoms with E-state index in [1.807, 2.05) is 42.2 Å². The topological polar surface area (TPSA) is 59.4 Å². The highest BCUT2D eigenvalue weighted by molar-refractivity contribution is 5.92. The second kappa shape index (κ2) is 6.98. The van der Waals surface area contributed by atoms with Crippen LogP contribution < -0.4 is 5.32 Å². The number of hydrogen-bond acceptors (Lipinski definition) is 4. The third-order valence-corrected chi connectivity index (χ3v) is 5.19. The number of likely N-dealkylation sites (tertiary alicyclic amines) is 1. The molecule has 3 atom stereocenters. The van der Waals surface area contributed by atoms with Crippen LogP contribution >= 0.6 is 0 Å². The second-order valence-corrected chi connectivity index (χ2v) is 7.06. The van der Waals surface area contributed by atoms with E-state index in [0.29, 0.717) is 18.2 Å². The number of rotatable bonds is 5. The van der Waals surface area contributed by atoms with E-state index in [4.69, 9.17) is 4.74 Å². The van der Waals surface area contributed by atoms with Gasteiger partial charge >= 0.3 is 0 Å². The van der Waals surface area contributed by atoms with Crippen LogP contribution in [0, 0.1) is 5.92 Å². The second-order valence-electron chi connectivity index (χ2n) is 7.06. The predicted molar refractivity (Wildman–Crippen MR) is 94.0 cm³/mol. The van der Waals surface area contributed by atoms with Crippen LogP contribution in [-0.4, -0.2) is 52.2 Å². The van der Waals surface area contributed by atoms with E-state index in [2.05, 4.69) is 21.3 Å². The number of aryl methyl sites for hydroxylation is 1. The predicted octanol–water partition coefficient (Wildman–Crippen LogP) is 1.44. The molecular formula is C19H24N4O2. The van der Waals surface area contributed by atoms with Crippen molar-refractivity contribution >= 4 is 5.91 Å². The van der Waals surface area contributed by atoms with Crippen molar-refractivity contribution in [1.29, 1.82) is 0 Å². The van der Waals surface area contributed by atoms with Gasteiger partial charge in [0.1, 0.15) is 5.69 Å². The first-order valence-corrected chi connectivity index (χ1v) is 8.85. The molecule has 0 unspecified atom stereocenters. The van der Waals surface area contributed by atoms with Gasteiger partial charge in [0.25, 0.3) is 5.91 Å². The van der Waals surface area contributed by atoms with Crippen LogP contribution in [0.5, 0.6) is 0 Å². The van der Waals surface area contributed by atoms with Crippen LogP contribution in [0.25, 0.3) is 0 Å². The third kappa shape index (κ3) is 3.60. The van der Waals surface area contributed by atoms with Gasteiger partial charge in [0.05, 0.1) is 12.2 Å². The van der Waals surface area contributed by atoms with Crippen molar-refractivity contribution in [2.24, 2.45) is 13.0 Å². The van der Waals surface area contributed by atoms with E-state index in [1.54, 1.807) is 6.20 Å². The Morgan fingerprint density at radius 1 is 1.36 bits per heavy atom. The van der Waals surface area contributed by atoms with Crippen molar-refractivity contribution in [3.8, 4) is 0 Å². The molecule has 25 heavy (non-hydrogen) atoms. The van der Waals surface area contributed by atoms with Gasteiger partial charge in [-0.15, -0.1) is 0 Å². The summed E-state index contributed by atoms with van der Waals surface area (Å²) in [5.41, 5.74) is 1.93. The van der Waals surface area contributed by atoms with Crippen molar-refractivity contribution in [2.75, 3.05) is 19.6 Å². The van der Waals surface area contributed by atoms with E-state index in [0.717, 1.165) is 26.1 Å². The molecule has 2 fully saturated rings. The zero-order valence-corrected chi connectivity index (χ0v) is 14.5. The molecular weight excluding hydrogens is 316 g/mol. The SMILES string of the molecule is Cn1cccc1C(=O)NC[C@@H]1C[C@H]2CN(Cc3cccnc3)C[C@H]2O1. The molecule has 6 heteroatoms. The van der Waals surface area contributed by atoms with Crippen LogP contribution in [0.2, 0.25) is 0 Å². The van der Waals surface area contributed by atoms with Crippen molar-refractivity contribution in [3.05, 3.63) is 54.1 Å². The molecule has 0 aromatic carbocycles. The molecule has 2 aromatic rings. The summed E-state index contributed by atoms with van der Waals surface area (Å²) in [6.07, 6.45) is 7.04. The van der Waals surface area contributed by atoms with E-state index >= 15 is 0 Å². The number of aromatic nitrogens is 2. The van der Waals surface area contributed by atoms with Crippen molar-refractivity contribution in [2.45, 2.75) is 25.2 Å². The van der Waals surface area contributed by atoms with Crippen molar-refractivity contribution in [3.63, 3.8) is 0 Å². The monoisotopic (exact) mass is 340 g/mol. The first kappa shape index (κ1) is 16.3. The smallest absolute Gasteiger partial charge is 0.267 e. The maximum Gasteiger partial charge on any atom is 0.267 e. The van der Waals surface area contributed by atoms with Crippen LogP contribution in [0.15, 0.2) is 42.9 Å². The number of fused-ring (bicyclic) bond motifs is 1. The normalized spacial score (nSPS) is 25.9. The first-order valence-electron chi connectivity index (χ1n) is 8.85. The number of hydrogen-bond donors (Lipinski definition) is 1. The molecule has 1 N–H and O–H groups in total. The maximum atomic E-state index is 12.2. The van der Waals surface area contributed by atoms with Gasteiger partial charge in [0.15, 0.2) is 0 Å². The number of pyridine rings is 1. The van der Waals surface area contributed by atoms with Gasteiger partial charge in [0.2, 0.25) is 0 Å². The zero-order chi connectivity index (χ0) is 17.2. The quantitative estimate of drug-likeness (QED) is 0.895. The minimum Gasteiger partial charge on any atom is -0.371 e. The summed E-state index contributed by atoms with van der Waals surface area (Å²) in [6, 6.07) is 7.80. The number of carbonyl (C=O) groups is 1. The molecule has 4 rings (SSSR count). The lowest BCUT2D eigenvalue weighted by Crippen LogP contribution is -2.34. The Morgan fingerprint density at radius 3 is 3.00 bits per heavy atom. The lowest BCUT2D eigenvalue weighted by atomic mass is 10.0. The van der Waals surface area contributed by atoms with E-state index in [-0.39, 0.29) is 18.1 Å². The zero-order valence-electron chi connectivity index (χ0n) is 14.5. The lowest BCUT2D eigenvalue weighted by Gasteiger charge is -2.19. The van der Waals surface area contributed by atoms with Crippen molar-refractivity contribution < 1.29 is 9.53 Å². The minimum atomic E-state index is -0.0358. The van der Waals surface area contributed by atoms with Gasteiger partial charge in [-0.2, -0.15) is 0 Å². The highest BCUT2D eigenvalue weighted by atomic mass is 16.5. The molecule has 1 amide bonds. The van der Waals surface area contributed by atoms with Crippen LogP contribution in [-0.2, 0) is 18.3 Å². The fraction of sp³-hybridized carbons (Fsp3) is 0.474. The summed E-state index contributed by atoms with van der Waals surface area (Å²) < 4.78 is 8.00. The van der Waals surface area contributed by atoms with E-state index < -0.39 is 0 Å². The molecule has 0 radical (unpaired) electrons. The molecule has 0 spiro atoms. The average molecular weight is 340 g/mol. The molecule has 132 valence electrons. The molecule has 2 aliphatic rings. The Balaban J connectivity index is 1.24. The summed E-state index contributed by atoms with van der Waals surface area (Å²) in [7, 11) is 1.88. The average Bonchev–Trinajstić information content (AvgIpc) is 3.28. The van der Waals surface area contributed by atoms with Gasteiger partial charge in [-0.05, 0) is 30.2 Å². The molecule has 0 saturated carbocycles. The molecule has 2 saturated heterocycles. The third-order valence-electron chi connectivity index (χ3n) is 5.19. The van der Waals surface area contributed by atoms with Crippen LogP contribution in [0.4, 0.5) is 0 Å². The Labute approximate surface area is 147 Å². The Bertz CT molecular complexity index is 716. The Morgan fingerprint density at radius 2 is 2.28 bits per heavy atom. The van der Waals surface area contributed by atoms with E-state index in [9.17, 15) is 4.79 Å². The van der Waals surface area contributed by atoms with Gasteiger partial charge in [-0.1, -0.05) is 6.07 Å². The fourth-order valence-corrected chi connectivity index (χ4v) is 3.95. The number of carbonyl (C=O) groups excluding carboxylic acids is 1. The van der Waals surface area contributed by atoms with Gasteiger partial charge in [-0.25, -0.2) is 0 Å². The fourth-order valence-electron chi connectivity index (χ4n) is 3.95. The van der Waals surface area contributed by atoms with Gasteiger partial charge in [-0.3, -0.25) is 14.7 Å². The number of nitrogens with one attached hydrogen (secondary N) is 1. The highest BCUT2D eigenvalue weighted by Crippen LogP contribution is 2.33. The highest BCUT2D eigenvalue weighted by Gasteiger charge is 2.41. The molecule has 2 aromatic heterocycles. The molecule has 0 bridgehead atoms. The Hall–Kier alpha value is -2.18. The number of amides is 1. The molecule has 0 aliphatic carbocycles. The summed E-state index contributed by atoms with van der Waals surface area (Å²) in [4.78, 5) is 18.8. The summed E-state index contributed by atoms with van der Waals surface area (Å²) in [5, 5.41) is 3.00. The summed E-state index contributed by atoms with van der Waals surface area (Å²) in [6.45, 7) is 3.53. The summed E-state index contributed by atoms with van der Waals surface area (Å²) >= 11 is 0. The standard InChI is InChI=1S/C19H24N4O2/c1-22-7-3-5-17(22)19(24)21-10-16-8-15-12-23(13-18(15)25-16)11-14-4-2-6-20-9-14/h2-7,9,15-16,18H,8,10-13H2,1H3,(H,21,24)/t15-,16-,18+/m0/s1. The Kier molecular flexibility index (Phi) is 4.55.